The molecular weight excluding hydrogens is 162 g/mol. The molecule has 0 radical (unpaired) electrons. The molecule has 2 heteroatoms. The second kappa shape index (κ2) is 4.43. The summed E-state index contributed by atoms with van der Waals surface area (Å²) in [7, 11) is 0. The topological polar surface area (TPSA) is 32.3 Å². The van der Waals surface area contributed by atoms with Gasteiger partial charge in [-0.3, -0.25) is 0 Å². The first-order valence-electron chi connectivity index (χ1n) is 5.47. The molecule has 2 nitrogen and oxygen atoms in total. The van der Waals surface area contributed by atoms with E-state index in [4.69, 9.17) is 5.11 Å². The van der Waals surface area contributed by atoms with E-state index < -0.39 is 0 Å². The van der Waals surface area contributed by atoms with Crippen LogP contribution in [-0.2, 0) is 0 Å². The van der Waals surface area contributed by atoms with E-state index in [0.29, 0.717) is 17.5 Å². The van der Waals surface area contributed by atoms with Crippen LogP contribution in [0.25, 0.3) is 0 Å². The fourth-order valence-corrected chi connectivity index (χ4v) is 2.22. The van der Waals surface area contributed by atoms with Gasteiger partial charge < -0.3 is 10.4 Å². The van der Waals surface area contributed by atoms with E-state index in [-0.39, 0.29) is 6.61 Å². The molecule has 1 aliphatic rings. The molecule has 1 fully saturated rings. The summed E-state index contributed by atoms with van der Waals surface area (Å²) in [5.74, 6) is 0. The van der Waals surface area contributed by atoms with Crippen LogP contribution in [0.1, 0.15) is 46.5 Å². The van der Waals surface area contributed by atoms with Crippen molar-refractivity contribution < 1.29 is 5.11 Å². The van der Waals surface area contributed by atoms with Crippen molar-refractivity contribution >= 4 is 0 Å². The molecule has 0 aliphatic heterocycles. The zero-order valence-electron chi connectivity index (χ0n) is 9.14. The fraction of sp³-hybridized carbons (Fsp3) is 1.00. The Labute approximate surface area is 81.7 Å². The van der Waals surface area contributed by atoms with Gasteiger partial charge in [-0.1, -0.05) is 27.2 Å². The Kier molecular flexibility index (Phi) is 3.74. The minimum atomic E-state index is 0.267. The van der Waals surface area contributed by atoms with Crippen molar-refractivity contribution in [2.75, 3.05) is 6.61 Å². The number of aliphatic hydroxyl groups excluding tert-OH is 1. The third-order valence-electron chi connectivity index (χ3n) is 3.41. The number of aliphatic hydroxyl groups is 1. The van der Waals surface area contributed by atoms with E-state index in [1.807, 2.05) is 0 Å². The van der Waals surface area contributed by atoms with Crippen molar-refractivity contribution in [3.8, 4) is 0 Å². The minimum Gasteiger partial charge on any atom is -0.395 e. The number of nitrogens with one attached hydrogen (secondary N) is 1. The molecule has 0 saturated heterocycles. The van der Waals surface area contributed by atoms with E-state index in [0.717, 1.165) is 6.42 Å². The monoisotopic (exact) mass is 185 g/mol. The normalized spacial score (nSPS) is 29.1. The molecule has 2 N–H and O–H groups in total. The Bertz CT molecular complexity index is 152. The molecule has 78 valence electrons. The van der Waals surface area contributed by atoms with E-state index in [9.17, 15) is 0 Å². The van der Waals surface area contributed by atoms with Gasteiger partial charge in [-0.2, -0.15) is 0 Å². The van der Waals surface area contributed by atoms with Crippen molar-refractivity contribution in [1.29, 1.82) is 0 Å². The lowest BCUT2D eigenvalue weighted by Gasteiger charge is -2.31. The van der Waals surface area contributed by atoms with Crippen molar-refractivity contribution in [2.24, 2.45) is 5.41 Å². The Balaban J connectivity index is 2.43. The SMILES string of the molecule is CCC(CO)NC1CCCC1(C)C. The van der Waals surface area contributed by atoms with Crippen molar-refractivity contribution in [1.82, 2.24) is 5.32 Å². The zero-order valence-corrected chi connectivity index (χ0v) is 9.14. The molecule has 0 bridgehead atoms. The lowest BCUT2D eigenvalue weighted by molar-refractivity contribution is 0.194. The quantitative estimate of drug-likeness (QED) is 0.701. The predicted octanol–water partition coefficient (Wildman–Crippen LogP) is 1.93. The van der Waals surface area contributed by atoms with Crippen LogP contribution in [0.3, 0.4) is 0 Å². The highest BCUT2D eigenvalue weighted by Gasteiger charge is 2.34. The first kappa shape index (κ1) is 11.0. The maximum atomic E-state index is 9.09. The highest BCUT2D eigenvalue weighted by atomic mass is 16.3. The van der Waals surface area contributed by atoms with Gasteiger partial charge in [-0.25, -0.2) is 0 Å². The van der Waals surface area contributed by atoms with Crippen molar-refractivity contribution in [3.05, 3.63) is 0 Å². The summed E-state index contributed by atoms with van der Waals surface area (Å²) in [6, 6.07) is 0.895. The molecule has 0 aromatic heterocycles. The highest BCUT2D eigenvalue weighted by molar-refractivity contribution is 4.91. The molecule has 0 spiro atoms. The van der Waals surface area contributed by atoms with Gasteiger partial charge >= 0.3 is 0 Å². The van der Waals surface area contributed by atoms with Crippen LogP contribution in [0.5, 0.6) is 0 Å². The smallest absolute Gasteiger partial charge is 0.0584 e. The average Bonchev–Trinajstić information content (AvgIpc) is 2.41. The van der Waals surface area contributed by atoms with Crippen LogP contribution in [0.2, 0.25) is 0 Å². The Morgan fingerprint density at radius 1 is 1.54 bits per heavy atom. The number of hydrogen-bond acceptors (Lipinski definition) is 2. The lowest BCUT2D eigenvalue weighted by Crippen LogP contribution is -2.45. The summed E-state index contributed by atoms with van der Waals surface area (Å²) in [4.78, 5) is 0. The summed E-state index contributed by atoms with van der Waals surface area (Å²) in [5.41, 5.74) is 0.419. The summed E-state index contributed by atoms with van der Waals surface area (Å²) in [6.45, 7) is 7.03. The van der Waals surface area contributed by atoms with Gasteiger partial charge in [-0.15, -0.1) is 0 Å². The van der Waals surface area contributed by atoms with Gasteiger partial charge in [0.1, 0.15) is 0 Å². The third-order valence-corrected chi connectivity index (χ3v) is 3.41. The third kappa shape index (κ3) is 2.68. The number of hydrogen-bond donors (Lipinski definition) is 2. The second-order valence-electron chi connectivity index (χ2n) is 4.89. The summed E-state index contributed by atoms with van der Waals surface area (Å²) < 4.78 is 0. The van der Waals surface area contributed by atoms with Crippen LogP contribution in [0, 0.1) is 5.41 Å². The van der Waals surface area contributed by atoms with Gasteiger partial charge in [-0.05, 0) is 24.7 Å². The molecule has 1 saturated carbocycles. The van der Waals surface area contributed by atoms with E-state index in [1.165, 1.54) is 19.3 Å². The van der Waals surface area contributed by atoms with Crippen molar-refractivity contribution in [3.63, 3.8) is 0 Å². The largest absolute Gasteiger partial charge is 0.395 e. The van der Waals surface area contributed by atoms with Crippen molar-refractivity contribution in [2.45, 2.75) is 58.5 Å². The van der Waals surface area contributed by atoms with Crippen LogP contribution in [0.15, 0.2) is 0 Å². The average molecular weight is 185 g/mol. The second-order valence-corrected chi connectivity index (χ2v) is 4.89. The van der Waals surface area contributed by atoms with Gasteiger partial charge in [0, 0.05) is 12.1 Å². The predicted molar refractivity (Wildman–Crippen MR) is 55.7 cm³/mol. The summed E-state index contributed by atoms with van der Waals surface area (Å²) in [5, 5.41) is 12.6. The first-order chi connectivity index (χ1) is 6.10. The Hall–Kier alpha value is -0.0800. The zero-order chi connectivity index (χ0) is 9.90. The minimum absolute atomic E-state index is 0.267. The van der Waals surface area contributed by atoms with Crippen LogP contribution >= 0.6 is 0 Å². The summed E-state index contributed by atoms with van der Waals surface area (Å²) >= 11 is 0. The lowest BCUT2D eigenvalue weighted by atomic mass is 9.87. The standard InChI is InChI=1S/C11H23NO/c1-4-9(8-13)12-10-6-5-7-11(10,2)3/h9-10,12-13H,4-8H2,1-3H3. The maximum Gasteiger partial charge on any atom is 0.0584 e. The van der Waals surface area contributed by atoms with E-state index in [1.54, 1.807) is 0 Å². The molecule has 0 aromatic rings. The molecule has 1 aliphatic carbocycles. The Morgan fingerprint density at radius 3 is 2.62 bits per heavy atom. The van der Waals surface area contributed by atoms with Crippen LogP contribution in [-0.4, -0.2) is 23.8 Å². The molecular formula is C11H23NO. The summed E-state index contributed by atoms with van der Waals surface area (Å²) in [6.07, 6.45) is 4.92. The Morgan fingerprint density at radius 2 is 2.23 bits per heavy atom. The fourth-order valence-electron chi connectivity index (χ4n) is 2.22. The van der Waals surface area contributed by atoms with E-state index >= 15 is 0 Å². The van der Waals surface area contributed by atoms with E-state index in [2.05, 4.69) is 26.1 Å². The number of rotatable bonds is 4. The van der Waals surface area contributed by atoms with Gasteiger partial charge in [0.15, 0.2) is 0 Å². The molecule has 2 atom stereocenters. The molecule has 1 rings (SSSR count). The van der Waals surface area contributed by atoms with Gasteiger partial charge in [0.25, 0.3) is 0 Å². The maximum absolute atomic E-state index is 9.09. The highest BCUT2D eigenvalue weighted by Crippen LogP contribution is 2.37. The molecule has 0 heterocycles. The van der Waals surface area contributed by atoms with Gasteiger partial charge in [0.2, 0.25) is 0 Å². The molecule has 0 aromatic carbocycles. The van der Waals surface area contributed by atoms with Crippen LogP contribution < -0.4 is 5.32 Å². The van der Waals surface area contributed by atoms with Gasteiger partial charge in [0.05, 0.1) is 6.61 Å². The molecule has 0 amide bonds. The molecule has 2 unspecified atom stereocenters. The molecule has 13 heavy (non-hydrogen) atoms. The first-order valence-corrected chi connectivity index (χ1v) is 5.47. The van der Waals surface area contributed by atoms with Crippen LogP contribution in [0.4, 0.5) is 0 Å².